The number of hydrogen-bond acceptors (Lipinski definition) is 4. The molecule has 0 saturated carbocycles. The average molecular weight is 416 g/mol. The van der Waals surface area contributed by atoms with Crippen molar-refractivity contribution in [1.29, 1.82) is 0 Å². The van der Waals surface area contributed by atoms with Gasteiger partial charge in [-0.2, -0.15) is 0 Å². The van der Waals surface area contributed by atoms with Crippen LogP contribution >= 0.6 is 0 Å². The first-order chi connectivity index (χ1) is 15.1. The predicted molar refractivity (Wildman–Crippen MR) is 123 cm³/mol. The van der Waals surface area contributed by atoms with Crippen LogP contribution in [0.5, 0.6) is 5.75 Å². The maximum Gasteiger partial charge on any atom is 0.230 e. The summed E-state index contributed by atoms with van der Waals surface area (Å²) in [5.41, 5.74) is 5.93. The Hall–Kier alpha value is -3.05. The van der Waals surface area contributed by atoms with Gasteiger partial charge >= 0.3 is 0 Å². The summed E-state index contributed by atoms with van der Waals surface area (Å²) in [5.74, 6) is 2.74. The highest BCUT2D eigenvalue weighted by atomic mass is 16.5. The first kappa shape index (κ1) is 19.9. The summed E-state index contributed by atoms with van der Waals surface area (Å²) >= 11 is 0. The Bertz CT molecular complexity index is 1220. The van der Waals surface area contributed by atoms with Gasteiger partial charge in [-0.3, -0.25) is 4.90 Å². The van der Waals surface area contributed by atoms with E-state index in [0.717, 1.165) is 42.3 Å². The minimum Gasteiger partial charge on any atom is -0.496 e. The SMILES string of the molecule is COc1ccccc1-c1nc(CN2CCc3c([nH]c4ccccc34)C2C(C)C)c(C)o1. The number of fused-ring (bicyclic) bond motifs is 3. The van der Waals surface area contributed by atoms with E-state index in [4.69, 9.17) is 14.1 Å². The lowest BCUT2D eigenvalue weighted by atomic mass is 9.90. The number of aromatic amines is 1. The summed E-state index contributed by atoms with van der Waals surface area (Å²) in [6.45, 7) is 8.38. The molecule has 1 atom stereocenters. The van der Waals surface area contributed by atoms with Crippen molar-refractivity contribution in [2.45, 2.75) is 39.8 Å². The van der Waals surface area contributed by atoms with E-state index in [1.165, 1.54) is 22.2 Å². The van der Waals surface area contributed by atoms with Crippen molar-refractivity contribution < 1.29 is 9.15 Å². The van der Waals surface area contributed by atoms with E-state index >= 15 is 0 Å². The smallest absolute Gasteiger partial charge is 0.230 e. The summed E-state index contributed by atoms with van der Waals surface area (Å²) in [4.78, 5) is 11.1. The third kappa shape index (κ3) is 3.43. The van der Waals surface area contributed by atoms with Crippen LogP contribution in [0.15, 0.2) is 52.9 Å². The molecule has 1 N–H and O–H groups in total. The highest BCUT2D eigenvalue weighted by Crippen LogP contribution is 2.39. The Labute approximate surface area is 183 Å². The van der Waals surface area contributed by atoms with Gasteiger partial charge in [0.05, 0.1) is 24.4 Å². The van der Waals surface area contributed by atoms with E-state index in [1.807, 2.05) is 31.2 Å². The molecule has 0 saturated heterocycles. The zero-order valence-corrected chi connectivity index (χ0v) is 18.6. The van der Waals surface area contributed by atoms with E-state index < -0.39 is 0 Å². The van der Waals surface area contributed by atoms with Crippen LogP contribution in [0.2, 0.25) is 0 Å². The van der Waals surface area contributed by atoms with Crippen molar-refractivity contribution >= 4 is 10.9 Å². The molecule has 0 radical (unpaired) electrons. The molecule has 1 unspecified atom stereocenters. The molecule has 1 aliphatic heterocycles. The van der Waals surface area contributed by atoms with Crippen LogP contribution in [0, 0.1) is 12.8 Å². The van der Waals surface area contributed by atoms with Crippen molar-refractivity contribution in [1.82, 2.24) is 14.9 Å². The monoisotopic (exact) mass is 415 g/mol. The molecule has 4 aromatic rings. The first-order valence-corrected chi connectivity index (χ1v) is 11.0. The van der Waals surface area contributed by atoms with Gasteiger partial charge in [0.15, 0.2) is 0 Å². The molecule has 0 bridgehead atoms. The lowest BCUT2D eigenvalue weighted by Crippen LogP contribution is -2.37. The molecule has 3 heterocycles. The van der Waals surface area contributed by atoms with Crippen molar-refractivity contribution in [3.05, 3.63) is 71.2 Å². The Morgan fingerprint density at radius 1 is 1.16 bits per heavy atom. The van der Waals surface area contributed by atoms with Gasteiger partial charge in [0.1, 0.15) is 11.5 Å². The summed E-state index contributed by atoms with van der Waals surface area (Å²) in [6.07, 6.45) is 1.04. The van der Waals surface area contributed by atoms with Crippen molar-refractivity contribution in [2.24, 2.45) is 5.92 Å². The van der Waals surface area contributed by atoms with Gasteiger partial charge < -0.3 is 14.1 Å². The number of nitrogens with one attached hydrogen (secondary N) is 1. The molecule has 0 amide bonds. The van der Waals surface area contributed by atoms with Crippen molar-refractivity contribution in [3.8, 4) is 17.2 Å². The van der Waals surface area contributed by atoms with Crippen LogP contribution in [0.3, 0.4) is 0 Å². The number of benzene rings is 2. The zero-order chi connectivity index (χ0) is 21.5. The molecular weight excluding hydrogens is 386 g/mol. The Morgan fingerprint density at radius 2 is 1.94 bits per heavy atom. The molecule has 160 valence electrons. The Morgan fingerprint density at radius 3 is 2.74 bits per heavy atom. The number of aryl methyl sites for hydroxylation is 1. The normalized spacial score (nSPS) is 16.7. The highest BCUT2D eigenvalue weighted by molar-refractivity contribution is 5.85. The fraction of sp³-hybridized carbons (Fsp3) is 0.346. The van der Waals surface area contributed by atoms with Crippen LogP contribution in [-0.2, 0) is 13.0 Å². The molecule has 5 heteroatoms. The van der Waals surface area contributed by atoms with Crippen LogP contribution < -0.4 is 4.74 Å². The van der Waals surface area contributed by atoms with Gasteiger partial charge in [-0.05, 0) is 43.0 Å². The Balaban J connectivity index is 1.48. The van der Waals surface area contributed by atoms with Crippen LogP contribution in [0.25, 0.3) is 22.4 Å². The molecule has 0 fully saturated rings. The average Bonchev–Trinajstić information content (AvgIpc) is 3.33. The quantitative estimate of drug-likeness (QED) is 0.441. The minimum absolute atomic E-state index is 0.321. The number of nitrogens with zero attached hydrogens (tertiary/aromatic N) is 2. The third-order valence-corrected chi connectivity index (χ3v) is 6.40. The van der Waals surface area contributed by atoms with Crippen molar-refractivity contribution in [3.63, 3.8) is 0 Å². The van der Waals surface area contributed by atoms with E-state index in [0.29, 0.717) is 17.9 Å². The summed E-state index contributed by atoms with van der Waals surface area (Å²) in [5, 5.41) is 1.36. The molecular formula is C26H29N3O2. The second-order valence-electron chi connectivity index (χ2n) is 8.69. The fourth-order valence-electron chi connectivity index (χ4n) is 4.96. The summed E-state index contributed by atoms with van der Waals surface area (Å²) in [7, 11) is 1.68. The largest absolute Gasteiger partial charge is 0.496 e. The van der Waals surface area contributed by atoms with E-state index in [9.17, 15) is 0 Å². The number of rotatable bonds is 5. The molecule has 0 spiro atoms. The lowest BCUT2D eigenvalue weighted by molar-refractivity contribution is 0.131. The topological polar surface area (TPSA) is 54.3 Å². The van der Waals surface area contributed by atoms with Crippen LogP contribution in [0.4, 0.5) is 0 Å². The fourth-order valence-corrected chi connectivity index (χ4v) is 4.96. The number of hydrogen-bond donors (Lipinski definition) is 1. The standard InChI is InChI=1S/C26H29N3O2/c1-16(2)25-24-19(18-9-5-7-11-21(18)27-24)13-14-29(25)15-22-17(3)31-26(28-22)20-10-6-8-12-23(20)30-4/h5-12,16,25,27H,13-15H2,1-4H3. The van der Waals surface area contributed by atoms with Gasteiger partial charge in [0, 0.05) is 29.7 Å². The highest BCUT2D eigenvalue weighted by Gasteiger charge is 2.33. The third-order valence-electron chi connectivity index (χ3n) is 6.40. The maximum atomic E-state index is 6.07. The zero-order valence-electron chi connectivity index (χ0n) is 18.6. The first-order valence-electron chi connectivity index (χ1n) is 11.0. The molecule has 2 aromatic carbocycles. The number of oxazole rings is 1. The lowest BCUT2D eigenvalue weighted by Gasteiger charge is -2.38. The molecule has 2 aromatic heterocycles. The molecule has 1 aliphatic rings. The van der Waals surface area contributed by atoms with Crippen molar-refractivity contribution in [2.75, 3.05) is 13.7 Å². The van der Waals surface area contributed by atoms with Gasteiger partial charge in [0.2, 0.25) is 5.89 Å². The van der Waals surface area contributed by atoms with Gasteiger partial charge in [-0.25, -0.2) is 4.98 Å². The summed E-state index contributed by atoms with van der Waals surface area (Å²) in [6, 6.07) is 16.8. The number of ether oxygens (including phenoxy) is 1. The molecule has 31 heavy (non-hydrogen) atoms. The molecule has 5 nitrogen and oxygen atoms in total. The second kappa shape index (κ2) is 7.89. The van der Waals surface area contributed by atoms with Gasteiger partial charge in [-0.15, -0.1) is 0 Å². The predicted octanol–water partition coefficient (Wildman–Crippen LogP) is 5.90. The number of para-hydroxylation sites is 2. The van der Waals surface area contributed by atoms with Gasteiger partial charge in [0.25, 0.3) is 0 Å². The minimum atomic E-state index is 0.321. The van der Waals surface area contributed by atoms with E-state index in [2.05, 4.69) is 48.0 Å². The maximum absolute atomic E-state index is 6.07. The second-order valence-corrected chi connectivity index (χ2v) is 8.69. The number of methoxy groups -OCH3 is 1. The number of aromatic nitrogens is 2. The molecule has 0 aliphatic carbocycles. The number of H-pyrrole nitrogens is 1. The van der Waals surface area contributed by atoms with E-state index in [-0.39, 0.29) is 0 Å². The molecule has 5 rings (SSSR count). The van der Waals surface area contributed by atoms with Gasteiger partial charge in [-0.1, -0.05) is 44.2 Å². The van der Waals surface area contributed by atoms with Crippen LogP contribution in [-0.4, -0.2) is 28.5 Å². The Kier molecular flexibility index (Phi) is 5.06. The summed E-state index contributed by atoms with van der Waals surface area (Å²) < 4.78 is 11.6. The van der Waals surface area contributed by atoms with E-state index in [1.54, 1.807) is 7.11 Å². The van der Waals surface area contributed by atoms with Crippen LogP contribution in [0.1, 0.15) is 42.6 Å².